The highest BCUT2D eigenvalue weighted by Gasteiger charge is 2.35. The maximum Gasteiger partial charge on any atom is 0.231 e. The van der Waals surface area contributed by atoms with Gasteiger partial charge in [0.25, 0.3) is 0 Å². The number of nitrogens with zero attached hydrogens (tertiary/aromatic N) is 1. The summed E-state index contributed by atoms with van der Waals surface area (Å²) >= 11 is 0. The number of ether oxygens (including phenoxy) is 2. The largest absolute Gasteiger partial charge is 0.454 e. The molecule has 1 aromatic heterocycles. The first-order valence-corrected chi connectivity index (χ1v) is 10.6. The Morgan fingerprint density at radius 3 is 2.70 bits per heavy atom. The van der Waals surface area contributed by atoms with Crippen LogP contribution in [-0.2, 0) is 11.2 Å². The lowest BCUT2D eigenvalue weighted by Crippen LogP contribution is -2.16. The molecule has 0 radical (unpaired) electrons. The molecule has 0 bridgehead atoms. The zero-order valence-electron chi connectivity index (χ0n) is 17.8. The topological polar surface area (TPSA) is 93.3 Å². The molecule has 0 spiro atoms. The number of nitrogens with one attached hydrogen (secondary N) is 2. The van der Waals surface area contributed by atoms with Crippen LogP contribution in [-0.4, -0.2) is 28.7 Å². The van der Waals surface area contributed by atoms with E-state index in [0.29, 0.717) is 39.7 Å². The van der Waals surface area contributed by atoms with Gasteiger partial charge in [0.2, 0.25) is 12.7 Å². The van der Waals surface area contributed by atoms with Crippen molar-refractivity contribution in [2.75, 3.05) is 12.1 Å². The van der Waals surface area contributed by atoms with Crippen LogP contribution in [0.1, 0.15) is 27.0 Å². The number of rotatable bonds is 4. The average molecular weight is 437 g/mol. The van der Waals surface area contributed by atoms with Crippen LogP contribution in [0.25, 0.3) is 22.5 Å². The molecule has 3 aromatic carbocycles. The zero-order valence-corrected chi connectivity index (χ0v) is 17.8. The molecule has 7 heteroatoms. The highest BCUT2D eigenvalue weighted by atomic mass is 16.7. The Hall–Kier alpha value is -4.39. The smallest absolute Gasteiger partial charge is 0.231 e. The molecule has 1 aliphatic heterocycles. The predicted molar refractivity (Wildman–Crippen MR) is 123 cm³/mol. The van der Waals surface area contributed by atoms with E-state index in [2.05, 4.69) is 15.5 Å². The van der Waals surface area contributed by atoms with E-state index in [-0.39, 0.29) is 24.9 Å². The molecule has 0 atom stereocenters. The van der Waals surface area contributed by atoms with E-state index < -0.39 is 0 Å². The summed E-state index contributed by atoms with van der Waals surface area (Å²) in [6.07, 6.45) is 0.149. The fourth-order valence-corrected chi connectivity index (χ4v) is 4.34. The number of hydrogen-bond acceptors (Lipinski definition) is 5. The minimum absolute atomic E-state index is 0.149. The second-order valence-electron chi connectivity index (χ2n) is 8.16. The Morgan fingerprint density at radius 1 is 1.03 bits per heavy atom. The number of H-pyrrole nitrogens is 1. The van der Waals surface area contributed by atoms with E-state index in [0.717, 1.165) is 22.3 Å². The number of benzene rings is 3. The van der Waals surface area contributed by atoms with Gasteiger partial charge in [-0.15, -0.1) is 0 Å². The Labute approximate surface area is 189 Å². The third kappa shape index (κ3) is 3.17. The van der Waals surface area contributed by atoms with E-state index in [9.17, 15) is 9.59 Å². The van der Waals surface area contributed by atoms with Gasteiger partial charge < -0.3 is 14.8 Å². The minimum Gasteiger partial charge on any atom is -0.454 e. The summed E-state index contributed by atoms with van der Waals surface area (Å²) in [4.78, 5) is 26.3. The van der Waals surface area contributed by atoms with Gasteiger partial charge in [-0.05, 0) is 30.7 Å². The summed E-state index contributed by atoms with van der Waals surface area (Å²) in [5, 5.41) is 10.3. The standard InChI is InChI=1S/C26H19N3O4/c1-14-5-8-16(9-6-14)24-23-25(29-28-24)17-3-2-4-18(22(17)26(23)31)27-21(30)12-15-7-10-19-20(11-15)33-13-32-19/h2-11H,12-13H2,1H3,(H,27,30)(H,28,29). The van der Waals surface area contributed by atoms with Crippen molar-refractivity contribution in [2.45, 2.75) is 13.3 Å². The lowest BCUT2D eigenvalue weighted by atomic mass is 10.0. The summed E-state index contributed by atoms with van der Waals surface area (Å²) in [6, 6.07) is 18.7. The van der Waals surface area contributed by atoms with Crippen LogP contribution in [0.5, 0.6) is 11.5 Å². The number of aromatic amines is 1. The number of hydrogen-bond donors (Lipinski definition) is 2. The summed E-state index contributed by atoms with van der Waals surface area (Å²) in [5.74, 6) is 0.932. The Morgan fingerprint density at radius 2 is 1.85 bits per heavy atom. The lowest BCUT2D eigenvalue weighted by molar-refractivity contribution is -0.115. The first-order valence-electron chi connectivity index (χ1n) is 10.6. The molecule has 6 rings (SSSR count). The number of carbonyl (C=O) groups is 2. The van der Waals surface area contributed by atoms with Gasteiger partial charge in [0.05, 0.1) is 28.9 Å². The lowest BCUT2D eigenvalue weighted by Gasteiger charge is -2.10. The summed E-state index contributed by atoms with van der Waals surface area (Å²) in [5.41, 5.74) is 6.33. The van der Waals surface area contributed by atoms with Crippen molar-refractivity contribution in [3.8, 4) is 34.0 Å². The van der Waals surface area contributed by atoms with Gasteiger partial charge >= 0.3 is 0 Å². The third-order valence-corrected chi connectivity index (χ3v) is 5.95. The van der Waals surface area contributed by atoms with Crippen molar-refractivity contribution in [3.05, 3.63) is 82.9 Å². The van der Waals surface area contributed by atoms with Gasteiger partial charge in [0.15, 0.2) is 17.3 Å². The van der Waals surface area contributed by atoms with Gasteiger partial charge in [0, 0.05) is 11.1 Å². The van der Waals surface area contributed by atoms with Crippen LogP contribution in [0.4, 0.5) is 5.69 Å². The van der Waals surface area contributed by atoms with Gasteiger partial charge in [-0.1, -0.05) is 48.0 Å². The SMILES string of the molecule is Cc1ccc(-c2n[nH]c3c2C(=O)c2c(NC(=O)Cc4ccc5c(c4)OCO5)cccc2-3)cc1. The summed E-state index contributed by atoms with van der Waals surface area (Å²) in [6.45, 7) is 2.20. The molecule has 33 heavy (non-hydrogen) atoms. The molecule has 1 aliphatic carbocycles. The fourth-order valence-electron chi connectivity index (χ4n) is 4.34. The molecule has 1 amide bonds. The van der Waals surface area contributed by atoms with E-state index >= 15 is 0 Å². The number of fused-ring (bicyclic) bond motifs is 4. The highest BCUT2D eigenvalue weighted by Crippen LogP contribution is 2.43. The van der Waals surface area contributed by atoms with E-state index in [1.807, 2.05) is 49.4 Å². The summed E-state index contributed by atoms with van der Waals surface area (Å²) < 4.78 is 10.7. The Bertz CT molecular complexity index is 1440. The second-order valence-corrected chi connectivity index (χ2v) is 8.16. The van der Waals surface area contributed by atoms with Crippen LogP contribution in [0.3, 0.4) is 0 Å². The van der Waals surface area contributed by atoms with Gasteiger partial charge in [0.1, 0.15) is 5.69 Å². The van der Waals surface area contributed by atoms with Crippen LogP contribution in [0.2, 0.25) is 0 Å². The Kier molecular flexibility index (Phi) is 4.29. The van der Waals surface area contributed by atoms with Crippen LogP contribution in [0, 0.1) is 6.92 Å². The molecule has 2 aliphatic rings. The first kappa shape index (κ1) is 19.3. The van der Waals surface area contributed by atoms with Crippen LogP contribution >= 0.6 is 0 Å². The maximum atomic E-state index is 13.5. The first-order chi connectivity index (χ1) is 16.1. The molecule has 2 N–H and O–H groups in total. The minimum atomic E-state index is -0.220. The van der Waals surface area contributed by atoms with Gasteiger partial charge in [-0.2, -0.15) is 5.10 Å². The Balaban J connectivity index is 1.29. The highest BCUT2D eigenvalue weighted by molar-refractivity contribution is 6.27. The second kappa shape index (κ2) is 7.34. The average Bonchev–Trinajstić information content (AvgIpc) is 3.51. The molecular formula is C26H19N3O4. The summed E-state index contributed by atoms with van der Waals surface area (Å²) in [7, 11) is 0. The number of aromatic nitrogens is 2. The van der Waals surface area contributed by atoms with Crippen LogP contribution in [0.15, 0.2) is 60.7 Å². The number of aryl methyl sites for hydroxylation is 1. The van der Waals surface area contributed by atoms with Crippen molar-refractivity contribution in [1.82, 2.24) is 10.2 Å². The quantitative estimate of drug-likeness (QED) is 0.432. The monoisotopic (exact) mass is 437 g/mol. The molecule has 0 saturated heterocycles. The molecule has 2 heterocycles. The van der Waals surface area contributed by atoms with Crippen molar-refractivity contribution >= 4 is 17.4 Å². The number of carbonyl (C=O) groups excluding carboxylic acids is 2. The molecular weight excluding hydrogens is 418 g/mol. The zero-order chi connectivity index (χ0) is 22.5. The number of ketones is 1. The number of amides is 1. The van der Waals surface area contributed by atoms with E-state index in [4.69, 9.17) is 9.47 Å². The predicted octanol–water partition coefficient (Wildman–Crippen LogP) is 4.51. The third-order valence-electron chi connectivity index (χ3n) is 5.95. The molecule has 0 saturated carbocycles. The molecule has 0 unspecified atom stereocenters. The normalized spacial score (nSPS) is 13.1. The fraction of sp³-hybridized carbons (Fsp3) is 0.115. The van der Waals surface area contributed by atoms with E-state index in [1.165, 1.54) is 0 Å². The van der Waals surface area contributed by atoms with Crippen LogP contribution < -0.4 is 14.8 Å². The van der Waals surface area contributed by atoms with Gasteiger partial charge in [-0.25, -0.2) is 0 Å². The van der Waals surface area contributed by atoms with Crippen molar-refractivity contribution < 1.29 is 19.1 Å². The van der Waals surface area contributed by atoms with Crippen molar-refractivity contribution in [3.63, 3.8) is 0 Å². The molecule has 7 nitrogen and oxygen atoms in total. The number of anilines is 1. The maximum absolute atomic E-state index is 13.5. The van der Waals surface area contributed by atoms with Crippen molar-refractivity contribution in [2.24, 2.45) is 0 Å². The molecule has 4 aromatic rings. The molecule has 0 fully saturated rings. The van der Waals surface area contributed by atoms with Gasteiger partial charge in [-0.3, -0.25) is 14.7 Å². The van der Waals surface area contributed by atoms with Crippen molar-refractivity contribution in [1.29, 1.82) is 0 Å². The van der Waals surface area contributed by atoms with E-state index in [1.54, 1.807) is 18.2 Å². The molecule has 162 valence electrons.